The monoisotopic (exact) mass is 231 g/mol. The molecule has 1 aliphatic carbocycles. The van der Waals surface area contributed by atoms with Crippen molar-refractivity contribution in [3.63, 3.8) is 0 Å². The molecule has 0 heterocycles. The second kappa shape index (κ2) is 5.71. The van der Waals surface area contributed by atoms with E-state index >= 15 is 0 Å². The lowest BCUT2D eigenvalue weighted by Crippen LogP contribution is -2.22. The quantitative estimate of drug-likeness (QED) is 0.620. The zero-order chi connectivity index (χ0) is 12.1. The Hall–Kier alpha value is -1.51. The van der Waals surface area contributed by atoms with Crippen molar-refractivity contribution in [3.05, 3.63) is 23.8 Å². The predicted molar refractivity (Wildman–Crippen MR) is 74.9 cm³/mol. The number of rotatable bonds is 3. The van der Waals surface area contributed by atoms with Crippen LogP contribution < -0.4 is 11.1 Å². The molecular weight excluding hydrogens is 210 g/mol. The third-order valence-electron chi connectivity index (χ3n) is 3.33. The summed E-state index contributed by atoms with van der Waals surface area (Å²) >= 11 is 0. The first-order valence-electron chi connectivity index (χ1n) is 6.38. The Morgan fingerprint density at radius 2 is 2.06 bits per heavy atom. The number of nitrogen functional groups attached to an aromatic ring is 1. The zero-order valence-corrected chi connectivity index (χ0v) is 10.4. The van der Waals surface area contributed by atoms with Gasteiger partial charge in [0.1, 0.15) is 0 Å². The molecule has 1 saturated carbocycles. The average molecular weight is 231 g/mol. The van der Waals surface area contributed by atoms with E-state index in [2.05, 4.69) is 22.4 Å². The van der Waals surface area contributed by atoms with Crippen LogP contribution in [-0.4, -0.2) is 19.3 Å². The molecule has 0 bridgehead atoms. The van der Waals surface area contributed by atoms with E-state index in [1.54, 1.807) is 13.3 Å². The van der Waals surface area contributed by atoms with Crippen LogP contribution in [0.3, 0.4) is 0 Å². The van der Waals surface area contributed by atoms with E-state index in [0.29, 0.717) is 6.04 Å². The third kappa shape index (κ3) is 3.22. The van der Waals surface area contributed by atoms with Gasteiger partial charge in [-0.2, -0.15) is 0 Å². The first kappa shape index (κ1) is 12.0. The highest BCUT2D eigenvalue weighted by atomic mass is 14.9. The second-order valence-corrected chi connectivity index (χ2v) is 4.71. The van der Waals surface area contributed by atoms with Gasteiger partial charge in [-0.25, -0.2) is 0 Å². The second-order valence-electron chi connectivity index (χ2n) is 4.71. The molecule has 1 aromatic carbocycles. The maximum atomic E-state index is 5.89. The van der Waals surface area contributed by atoms with Crippen molar-refractivity contribution in [1.82, 2.24) is 0 Å². The fourth-order valence-electron chi connectivity index (χ4n) is 2.40. The van der Waals surface area contributed by atoms with Crippen LogP contribution in [0.5, 0.6) is 0 Å². The molecule has 3 heteroatoms. The van der Waals surface area contributed by atoms with Crippen LogP contribution in [0.25, 0.3) is 0 Å². The molecule has 1 aromatic rings. The summed E-state index contributed by atoms with van der Waals surface area (Å²) in [6.45, 7) is 0. The van der Waals surface area contributed by atoms with Gasteiger partial charge >= 0.3 is 0 Å². The molecule has 0 radical (unpaired) electrons. The number of hydrogen-bond donors (Lipinski definition) is 2. The van der Waals surface area contributed by atoms with Crippen LogP contribution in [0.1, 0.15) is 37.7 Å². The minimum Gasteiger partial charge on any atom is -0.398 e. The van der Waals surface area contributed by atoms with Gasteiger partial charge in [0.05, 0.1) is 0 Å². The number of benzene rings is 1. The molecule has 0 spiro atoms. The Balaban J connectivity index is 2.07. The van der Waals surface area contributed by atoms with Gasteiger partial charge in [0.25, 0.3) is 0 Å². The standard InChI is InChI=1S/C14H21N3/c1-16-10-11-9-13(7-8-14(11)15)17-12-5-3-2-4-6-12/h7-10,12,17H,2-6,15H2,1H3/b16-10-. The van der Waals surface area contributed by atoms with Gasteiger partial charge in [0, 0.05) is 36.2 Å². The largest absolute Gasteiger partial charge is 0.398 e. The number of nitrogens with one attached hydrogen (secondary N) is 1. The molecule has 1 aliphatic rings. The maximum absolute atomic E-state index is 5.89. The molecule has 0 amide bonds. The highest BCUT2D eigenvalue weighted by Crippen LogP contribution is 2.23. The molecule has 0 aromatic heterocycles. The van der Waals surface area contributed by atoms with E-state index in [1.165, 1.54) is 32.1 Å². The van der Waals surface area contributed by atoms with Crippen molar-refractivity contribution >= 4 is 17.6 Å². The van der Waals surface area contributed by atoms with Crippen molar-refractivity contribution in [2.24, 2.45) is 4.99 Å². The number of nitrogens with zero attached hydrogens (tertiary/aromatic N) is 1. The van der Waals surface area contributed by atoms with E-state index in [-0.39, 0.29) is 0 Å². The Morgan fingerprint density at radius 1 is 1.29 bits per heavy atom. The van der Waals surface area contributed by atoms with E-state index in [0.717, 1.165) is 16.9 Å². The molecule has 1 fully saturated rings. The van der Waals surface area contributed by atoms with Crippen molar-refractivity contribution in [2.45, 2.75) is 38.1 Å². The zero-order valence-electron chi connectivity index (χ0n) is 10.4. The summed E-state index contributed by atoms with van der Waals surface area (Å²) in [5.41, 5.74) is 8.82. The van der Waals surface area contributed by atoms with Crippen molar-refractivity contribution in [1.29, 1.82) is 0 Å². The van der Waals surface area contributed by atoms with Crippen LogP contribution in [0.15, 0.2) is 23.2 Å². The minimum absolute atomic E-state index is 0.624. The molecule has 0 atom stereocenters. The van der Waals surface area contributed by atoms with Crippen LogP contribution in [0, 0.1) is 0 Å². The Morgan fingerprint density at radius 3 is 2.76 bits per heavy atom. The number of nitrogens with two attached hydrogens (primary N) is 1. The summed E-state index contributed by atoms with van der Waals surface area (Å²) in [7, 11) is 1.76. The smallest absolute Gasteiger partial charge is 0.0404 e. The van der Waals surface area contributed by atoms with Crippen molar-refractivity contribution in [2.75, 3.05) is 18.1 Å². The summed E-state index contributed by atoms with van der Waals surface area (Å²) in [5.74, 6) is 0. The van der Waals surface area contributed by atoms with Crippen molar-refractivity contribution in [3.8, 4) is 0 Å². The summed E-state index contributed by atoms with van der Waals surface area (Å²) < 4.78 is 0. The van der Waals surface area contributed by atoms with Gasteiger partial charge in [-0.05, 0) is 31.0 Å². The molecule has 92 valence electrons. The summed E-state index contributed by atoms with van der Waals surface area (Å²) in [6, 6.07) is 6.70. The maximum Gasteiger partial charge on any atom is 0.0404 e. The van der Waals surface area contributed by atoms with E-state index in [9.17, 15) is 0 Å². The SMILES string of the molecule is C/N=C\c1cc(NC2CCCCC2)ccc1N. The van der Waals surface area contributed by atoms with Gasteiger partial charge in [0.15, 0.2) is 0 Å². The van der Waals surface area contributed by atoms with E-state index < -0.39 is 0 Å². The molecular formula is C14H21N3. The lowest BCUT2D eigenvalue weighted by atomic mass is 9.95. The van der Waals surface area contributed by atoms with E-state index in [1.807, 2.05) is 6.07 Å². The Labute approximate surface area is 103 Å². The molecule has 3 N–H and O–H groups in total. The lowest BCUT2D eigenvalue weighted by Gasteiger charge is -2.24. The fourth-order valence-corrected chi connectivity index (χ4v) is 2.40. The van der Waals surface area contributed by atoms with Gasteiger partial charge in [-0.1, -0.05) is 19.3 Å². The molecule has 2 rings (SSSR count). The first-order valence-corrected chi connectivity index (χ1v) is 6.38. The average Bonchev–Trinajstić information content (AvgIpc) is 2.35. The first-order chi connectivity index (χ1) is 8.29. The number of anilines is 2. The molecule has 0 saturated heterocycles. The third-order valence-corrected chi connectivity index (χ3v) is 3.33. The normalized spacial score (nSPS) is 17.5. The number of aliphatic imine (C=N–C) groups is 1. The van der Waals surface area contributed by atoms with Gasteiger partial charge in [0.2, 0.25) is 0 Å². The van der Waals surface area contributed by atoms with Gasteiger partial charge < -0.3 is 11.1 Å². The molecule has 17 heavy (non-hydrogen) atoms. The molecule has 3 nitrogen and oxygen atoms in total. The van der Waals surface area contributed by atoms with E-state index in [4.69, 9.17) is 5.73 Å². The van der Waals surface area contributed by atoms with Gasteiger partial charge in [-0.3, -0.25) is 4.99 Å². The highest BCUT2D eigenvalue weighted by Gasteiger charge is 2.13. The topological polar surface area (TPSA) is 50.4 Å². The van der Waals surface area contributed by atoms with Crippen molar-refractivity contribution < 1.29 is 0 Å². The fraction of sp³-hybridized carbons (Fsp3) is 0.500. The Bertz CT molecular complexity index is 392. The predicted octanol–water partition coefficient (Wildman–Crippen LogP) is 3.06. The highest BCUT2D eigenvalue weighted by molar-refractivity contribution is 5.88. The summed E-state index contributed by atoms with van der Waals surface area (Å²) in [6.07, 6.45) is 8.43. The van der Waals surface area contributed by atoms with Crippen LogP contribution in [0.4, 0.5) is 11.4 Å². The van der Waals surface area contributed by atoms with Gasteiger partial charge in [-0.15, -0.1) is 0 Å². The summed E-state index contributed by atoms with van der Waals surface area (Å²) in [5, 5.41) is 3.59. The number of hydrogen-bond acceptors (Lipinski definition) is 3. The van der Waals surface area contributed by atoms with Crippen LogP contribution >= 0.6 is 0 Å². The minimum atomic E-state index is 0.624. The molecule has 0 unspecified atom stereocenters. The Kier molecular flexibility index (Phi) is 4.02. The molecule has 0 aliphatic heterocycles. The summed E-state index contributed by atoms with van der Waals surface area (Å²) in [4.78, 5) is 4.02. The lowest BCUT2D eigenvalue weighted by molar-refractivity contribution is 0.463. The van der Waals surface area contributed by atoms with Crippen LogP contribution in [0.2, 0.25) is 0 Å². The van der Waals surface area contributed by atoms with Crippen LogP contribution in [-0.2, 0) is 0 Å².